The molecule has 0 saturated carbocycles. The van der Waals surface area contributed by atoms with Crippen LogP contribution in [0.15, 0.2) is 71.8 Å². The maximum Gasteiger partial charge on any atom is 0.416 e. The van der Waals surface area contributed by atoms with Gasteiger partial charge in [0, 0.05) is 29.7 Å². The Morgan fingerprint density at radius 3 is 2.22 bits per heavy atom. The third-order valence-corrected chi connectivity index (χ3v) is 9.01. The molecule has 13 nitrogen and oxygen atoms in total. The van der Waals surface area contributed by atoms with Crippen molar-refractivity contribution in [2.45, 2.75) is 65.0 Å². The minimum atomic E-state index is -1.26. The lowest BCUT2D eigenvalue weighted by Gasteiger charge is -2.24. The Labute approximate surface area is 323 Å². The number of halogens is 2. The predicted octanol–water partition coefficient (Wildman–Crippen LogP) is 7.76. The average molecular weight is 778 g/mol. The highest BCUT2D eigenvalue weighted by molar-refractivity contribution is 6.30. The van der Waals surface area contributed by atoms with E-state index in [1.54, 1.807) is 52.3 Å². The quantitative estimate of drug-likeness (QED) is 0.133. The second-order valence-corrected chi connectivity index (χ2v) is 14.8. The number of carbonyl (C=O) groups is 2. The van der Waals surface area contributed by atoms with Gasteiger partial charge in [-0.15, -0.1) is 0 Å². The van der Waals surface area contributed by atoms with Gasteiger partial charge in [-0.05, 0) is 80.1 Å². The van der Waals surface area contributed by atoms with Crippen molar-refractivity contribution in [1.29, 1.82) is 0 Å². The number of aromatic nitrogens is 5. The van der Waals surface area contributed by atoms with Gasteiger partial charge in [0.25, 0.3) is 5.56 Å². The van der Waals surface area contributed by atoms with Crippen LogP contribution >= 0.6 is 23.2 Å². The van der Waals surface area contributed by atoms with E-state index in [1.165, 1.54) is 29.6 Å². The van der Waals surface area contributed by atoms with Crippen LogP contribution in [0.5, 0.6) is 11.6 Å². The number of rotatable bonds is 12. The summed E-state index contributed by atoms with van der Waals surface area (Å²) in [6, 6.07) is 16.1. The zero-order valence-electron chi connectivity index (χ0n) is 31.3. The van der Waals surface area contributed by atoms with Crippen molar-refractivity contribution >= 4 is 41.2 Å². The third kappa shape index (κ3) is 8.86. The Balaban J connectivity index is 1.66. The lowest BCUT2D eigenvalue weighted by Crippen LogP contribution is -2.35. The van der Waals surface area contributed by atoms with Crippen LogP contribution in [0, 0.1) is 0 Å². The number of aromatic carboxylic acids is 1. The van der Waals surface area contributed by atoms with Gasteiger partial charge in [-0.25, -0.2) is 24.2 Å². The van der Waals surface area contributed by atoms with Crippen molar-refractivity contribution < 1.29 is 28.9 Å². The third-order valence-electron chi connectivity index (χ3n) is 8.49. The molecular formula is C39H42Cl2N6O7. The van der Waals surface area contributed by atoms with E-state index in [0.717, 1.165) is 16.0 Å². The molecule has 1 amide bonds. The maximum atomic E-state index is 13.2. The topological polar surface area (TPSA) is 151 Å². The van der Waals surface area contributed by atoms with Crippen molar-refractivity contribution in [3.8, 4) is 17.3 Å². The van der Waals surface area contributed by atoms with Gasteiger partial charge >= 0.3 is 12.1 Å². The van der Waals surface area contributed by atoms with E-state index in [-0.39, 0.29) is 52.7 Å². The summed E-state index contributed by atoms with van der Waals surface area (Å²) in [5.41, 5.74) is 2.22. The van der Waals surface area contributed by atoms with Gasteiger partial charge in [0.05, 0.1) is 32.7 Å². The highest BCUT2D eigenvalue weighted by atomic mass is 35.5. The molecule has 284 valence electrons. The molecule has 0 aliphatic heterocycles. The number of amides is 1. The minimum absolute atomic E-state index is 0.00229. The molecule has 1 N–H and O–H groups in total. The number of anilines is 1. The van der Waals surface area contributed by atoms with Crippen LogP contribution in [-0.4, -0.2) is 68.4 Å². The van der Waals surface area contributed by atoms with Gasteiger partial charge in [-0.2, -0.15) is 10.1 Å². The number of methoxy groups -OCH3 is 2. The van der Waals surface area contributed by atoms with E-state index in [2.05, 4.69) is 15.1 Å². The van der Waals surface area contributed by atoms with E-state index in [1.807, 2.05) is 50.2 Å². The molecule has 3 aromatic heterocycles. The number of carboxylic acids is 1. The number of hydrogen-bond donors (Lipinski definition) is 1. The molecule has 0 bridgehead atoms. The largest absolute Gasteiger partial charge is 0.497 e. The van der Waals surface area contributed by atoms with Crippen molar-refractivity contribution in [1.82, 2.24) is 24.3 Å². The SMILES string of the molecule is COc1ccc(Cn2cc(CC(c3ccc(Cl)cc3)c3c(C(=O)O)nn(-c4cnc(N(C)C(=O)OC(C)(C)C)nc4OC)c3C(C)C)cc(Cl)c2=O)cc1. The summed E-state index contributed by atoms with van der Waals surface area (Å²) >= 11 is 12.9. The lowest BCUT2D eigenvalue weighted by atomic mass is 9.83. The van der Waals surface area contributed by atoms with Crippen LogP contribution in [-0.2, 0) is 17.7 Å². The van der Waals surface area contributed by atoms with Crippen LogP contribution < -0.4 is 19.9 Å². The maximum absolute atomic E-state index is 13.2. The highest BCUT2D eigenvalue weighted by Crippen LogP contribution is 2.39. The molecule has 1 atom stereocenters. The second-order valence-electron chi connectivity index (χ2n) is 13.9. The van der Waals surface area contributed by atoms with Gasteiger partial charge in [0.15, 0.2) is 5.69 Å². The average Bonchev–Trinajstić information content (AvgIpc) is 3.53. The highest BCUT2D eigenvalue weighted by Gasteiger charge is 2.33. The Morgan fingerprint density at radius 1 is 0.981 bits per heavy atom. The fourth-order valence-corrected chi connectivity index (χ4v) is 6.41. The smallest absolute Gasteiger partial charge is 0.416 e. The number of ether oxygens (including phenoxy) is 3. The summed E-state index contributed by atoms with van der Waals surface area (Å²) in [6.45, 7) is 9.33. The molecule has 15 heteroatoms. The van der Waals surface area contributed by atoms with E-state index < -0.39 is 23.6 Å². The Kier molecular flexibility index (Phi) is 12.0. The summed E-state index contributed by atoms with van der Waals surface area (Å²) in [6.07, 6.45) is 2.72. The van der Waals surface area contributed by atoms with Crippen LogP contribution in [0.2, 0.25) is 10.0 Å². The first kappa shape index (κ1) is 39.8. The number of nitrogens with zero attached hydrogens (tertiary/aromatic N) is 6. The fraction of sp³-hybridized carbons (Fsp3) is 0.333. The van der Waals surface area contributed by atoms with E-state index >= 15 is 0 Å². The van der Waals surface area contributed by atoms with E-state index in [4.69, 9.17) is 37.4 Å². The van der Waals surface area contributed by atoms with Gasteiger partial charge in [-0.1, -0.05) is 61.3 Å². The Morgan fingerprint density at radius 2 is 1.65 bits per heavy atom. The molecule has 5 rings (SSSR count). The van der Waals surface area contributed by atoms with Crippen LogP contribution in [0.25, 0.3) is 5.69 Å². The fourth-order valence-electron chi connectivity index (χ4n) is 6.04. The number of benzene rings is 2. The number of carboxylic acid groups (broad SMARTS) is 1. The van der Waals surface area contributed by atoms with Crippen molar-refractivity contribution in [2.24, 2.45) is 0 Å². The van der Waals surface area contributed by atoms with Crippen molar-refractivity contribution in [3.63, 3.8) is 0 Å². The number of carbonyl (C=O) groups excluding carboxylic acids is 1. The number of pyridine rings is 1. The van der Waals surface area contributed by atoms with E-state index in [0.29, 0.717) is 27.6 Å². The molecule has 0 aliphatic rings. The standard InChI is InChI=1S/C39H42Cl2N6O7/c1-22(2)33-31(32(36(49)50)44-47(33)30-19-42-37(43-34(30)53-8)45(6)38(51)54-39(3,4)5)28(25-11-13-26(40)14-12-25)17-24-18-29(41)35(48)46(21-24)20-23-9-15-27(52-7)16-10-23/h9-16,18-19,21-22,28H,17,20H2,1-8H3,(H,49,50). The Hall–Kier alpha value is -5.40. The first-order valence-corrected chi connectivity index (χ1v) is 17.8. The van der Waals surface area contributed by atoms with Crippen LogP contribution in [0.1, 0.15) is 84.9 Å². The zero-order valence-corrected chi connectivity index (χ0v) is 32.8. The molecule has 3 heterocycles. The van der Waals surface area contributed by atoms with Crippen LogP contribution in [0.4, 0.5) is 10.7 Å². The Bertz CT molecular complexity index is 2210. The van der Waals surface area contributed by atoms with Gasteiger partial charge < -0.3 is 23.9 Å². The van der Waals surface area contributed by atoms with Crippen molar-refractivity contribution in [2.75, 3.05) is 26.2 Å². The molecular weight excluding hydrogens is 735 g/mol. The molecule has 5 aromatic rings. The molecule has 0 saturated heterocycles. The first-order valence-electron chi connectivity index (χ1n) is 17.0. The summed E-state index contributed by atoms with van der Waals surface area (Å²) in [4.78, 5) is 49.1. The van der Waals surface area contributed by atoms with Gasteiger partial charge in [0.2, 0.25) is 11.8 Å². The molecule has 54 heavy (non-hydrogen) atoms. The molecule has 0 spiro atoms. The number of hydrogen-bond acceptors (Lipinski definition) is 9. The predicted molar refractivity (Wildman–Crippen MR) is 206 cm³/mol. The molecule has 0 radical (unpaired) electrons. The molecule has 1 unspecified atom stereocenters. The van der Waals surface area contributed by atoms with Crippen LogP contribution in [0.3, 0.4) is 0 Å². The van der Waals surface area contributed by atoms with Gasteiger partial charge in [0.1, 0.15) is 22.1 Å². The summed E-state index contributed by atoms with van der Waals surface area (Å²) < 4.78 is 19.4. The summed E-state index contributed by atoms with van der Waals surface area (Å²) in [7, 11) is 4.46. The zero-order chi connectivity index (χ0) is 39.5. The minimum Gasteiger partial charge on any atom is -0.497 e. The van der Waals surface area contributed by atoms with E-state index in [9.17, 15) is 19.5 Å². The van der Waals surface area contributed by atoms with Crippen molar-refractivity contribution in [3.05, 3.63) is 121 Å². The normalized spacial score (nSPS) is 12.1. The summed E-state index contributed by atoms with van der Waals surface area (Å²) in [5.74, 6) is -1.41. The molecule has 0 aliphatic carbocycles. The first-order chi connectivity index (χ1) is 25.5. The second kappa shape index (κ2) is 16.3. The summed E-state index contributed by atoms with van der Waals surface area (Å²) in [5, 5.41) is 15.8. The lowest BCUT2D eigenvalue weighted by molar-refractivity contribution is 0.0586. The van der Waals surface area contributed by atoms with Gasteiger partial charge in [-0.3, -0.25) is 4.79 Å². The monoisotopic (exact) mass is 776 g/mol. The molecule has 2 aromatic carbocycles. The molecule has 0 fully saturated rings.